The topological polar surface area (TPSA) is 53.1 Å². The highest BCUT2D eigenvalue weighted by Gasteiger charge is 2.46. The SMILES string of the molecule is CC(C)Cn1ccc(C2(CON)CC2)n1. The van der Waals surface area contributed by atoms with Crippen molar-refractivity contribution in [3.8, 4) is 0 Å². The Hall–Kier alpha value is -0.870. The van der Waals surface area contributed by atoms with E-state index in [4.69, 9.17) is 10.7 Å². The molecule has 1 fully saturated rings. The van der Waals surface area contributed by atoms with Crippen molar-refractivity contribution in [2.75, 3.05) is 6.61 Å². The van der Waals surface area contributed by atoms with Crippen molar-refractivity contribution in [2.24, 2.45) is 11.8 Å². The van der Waals surface area contributed by atoms with Gasteiger partial charge in [-0.05, 0) is 24.8 Å². The highest BCUT2D eigenvalue weighted by atomic mass is 16.6. The fourth-order valence-corrected chi connectivity index (χ4v) is 1.91. The molecule has 2 N–H and O–H groups in total. The number of hydrogen-bond donors (Lipinski definition) is 1. The zero-order chi connectivity index (χ0) is 10.9. The first-order valence-corrected chi connectivity index (χ1v) is 5.52. The molecule has 4 heteroatoms. The lowest BCUT2D eigenvalue weighted by molar-refractivity contribution is 0.114. The van der Waals surface area contributed by atoms with Crippen molar-refractivity contribution in [1.29, 1.82) is 0 Å². The molecular formula is C11H19N3O. The van der Waals surface area contributed by atoms with Crippen LogP contribution in [0.1, 0.15) is 32.4 Å². The third-order valence-corrected chi connectivity index (χ3v) is 2.95. The van der Waals surface area contributed by atoms with Gasteiger partial charge in [0.1, 0.15) is 0 Å². The molecule has 0 amide bonds. The Labute approximate surface area is 90.4 Å². The largest absolute Gasteiger partial charge is 0.304 e. The van der Waals surface area contributed by atoms with Gasteiger partial charge in [0.2, 0.25) is 0 Å². The standard InChI is InChI=1S/C11H19N3O/c1-9(2)7-14-6-3-10(13-14)11(4-5-11)8-15-12/h3,6,9H,4-5,7-8,12H2,1-2H3. The molecule has 0 saturated heterocycles. The van der Waals surface area contributed by atoms with Gasteiger partial charge < -0.3 is 4.84 Å². The normalized spacial score (nSPS) is 18.4. The summed E-state index contributed by atoms with van der Waals surface area (Å²) in [6.07, 6.45) is 4.33. The van der Waals surface area contributed by atoms with Crippen molar-refractivity contribution in [2.45, 2.75) is 38.6 Å². The summed E-state index contributed by atoms with van der Waals surface area (Å²) in [5.74, 6) is 5.77. The smallest absolute Gasteiger partial charge is 0.0791 e. The maximum atomic E-state index is 5.14. The van der Waals surface area contributed by atoms with Crippen LogP contribution < -0.4 is 5.90 Å². The molecule has 0 atom stereocenters. The van der Waals surface area contributed by atoms with Gasteiger partial charge in [0.15, 0.2) is 0 Å². The molecule has 0 radical (unpaired) electrons. The predicted molar refractivity (Wildman–Crippen MR) is 58.1 cm³/mol. The summed E-state index contributed by atoms with van der Waals surface area (Å²) in [5.41, 5.74) is 1.25. The minimum atomic E-state index is 0.122. The summed E-state index contributed by atoms with van der Waals surface area (Å²) in [5, 5.41) is 4.58. The molecule has 1 heterocycles. The minimum Gasteiger partial charge on any atom is -0.304 e. The van der Waals surface area contributed by atoms with Crippen LogP contribution in [-0.4, -0.2) is 16.4 Å². The van der Waals surface area contributed by atoms with Crippen molar-refractivity contribution >= 4 is 0 Å². The Morgan fingerprint density at radius 2 is 2.33 bits per heavy atom. The van der Waals surface area contributed by atoms with E-state index in [1.165, 1.54) is 0 Å². The van der Waals surface area contributed by atoms with Crippen LogP contribution in [0.15, 0.2) is 12.3 Å². The zero-order valence-corrected chi connectivity index (χ0v) is 9.44. The van der Waals surface area contributed by atoms with Gasteiger partial charge in [-0.25, -0.2) is 5.90 Å². The number of nitrogens with zero attached hydrogens (tertiary/aromatic N) is 2. The first kappa shape index (κ1) is 10.6. The molecule has 1 aliphatic rings. The Morgan fingerprint density at radius 3 is 2.87 bits per heavy atom. The van der Waals surface area contributed by atoms with E-state index in [9.17, 15) is 0 Å². The average Bonchev–Trinajstić information content (AvgIpc) is 2.79. The Bertz CT molecular complexity index is 328. The van der Waals surface area contributed by atoms with Gasteiger partial charge in [-0.1, -0.05) is 13.8 Å². The van der Waals surface area contributed by atoms with E-state index in [2.05, 4.69) is 25.0 Å². The third kappa shape index (κ3) is 2.21. The molecule has 0 spiro atoms. The highest BCUT2D eigenvalue weighted by Crippen LogP contribution is 2.47. The van der Waals surface area contributed by atoms with Crippen LogP contribution in [0.3, 0.4) is 0 Å². The van der Waals surface area contributed by atoms with Crippen LogP contribution in [-0.2, 0) is 16.8 Å². The van der Waals surface area contributed by atoms with E-state index in [1.54, 1.807) is 0 Å². The fraction of sp³-hybridized carbons (Fsp3) is 0.727. The highest BCUT2D eigenvalue weighted by molar-refractivity contribution is 5.23. The molecule has 4 nitrogen and oxygen atoms in total. The quantitative estimate of drug-likeness (QED) is 0.747. The average molecular weight is 209 g/mol. The first-order valence-electron chi connectivity index (χ1n) is 5.52. The van der Waals surface area contributed by atoms with E-state index in [-0.39, 0.29) is 5.41 Å². The fourth-order valence-electron chi connectivity index (χ4n) is 1.91. The lowest BCUT2D eigenvalue weighted by atomic mass is 10.1. The predicted octanol–water partition coefficient (Wildman–Crippen LogP) is 1.46. The number of rotatable bonds is 5. The lowest BCUT2D eigenvalue weighted by Crippen LogP contribution is -2.19. The monoisotopic (exact) mass is 209 g/mol. The van der Waals surface area contributed by atoms with Crippen molar-refractivity contribution in [3.05, 3.63) is 18.0 Å². The summed E-state index contributed by atoms with van der Waals surface area (Å²) in [7, 11) is 0. The molecule has 0 unspecified atom stereocenters. The van der Waals surface area contributed by atoms with E-state index >= 15 is 0 Å². The maximum absolute atomic E-state index is 5.14. The molecule has 2 rings (SSSR count). The molecule has 1 aliphatic carbocycles. The minimum absolute atomic E-state index is 0.122. The molecule has 0 aliphatic heterocycles. The van der Waals surface area contributed by atoms with Crippen molar-refractivity contribution < 1.29 is 4.84 Å². The van der Waals surface area contributed by atoms with Crippen LogP contribution in [0.4, 0.5) is 0 Å². The lowest BCUT2D eigenvalue weighted by Gasteiger charge is -2.10. The van der Waals surface area contributed by atoms with Crippen molar-refractivity contribution in [3.63, 3.8) is 0 Å². The Morgan fingerprint density at radius 1 is 1.60 bits per heavy atom. The van der Waals surface area contributed by atoms with E-state index in [1.807, 2.05) is 10.9 Å². The van der Waals surface area contributed by atoms with Gasteiger partial charge >= 0.3 is 0 Å². The van der Waals surface area contributed by atoms with Gasteiger partial charge in [-0.15, -0.1) is 0 Å². The summed E-state index contributed by atoms with van der Waals surface area (Å²) in [6, 6.07) is 2.09. The van der Waals surface area contributed by atoms with Crippen LogP contribution in [0.2, 0.25) is 0 Å². The molecule has 84 valence electrons. The molecule has 0 bridgehead atoms. The van der Waals surface area contributed by atoms with Gasteiger partial charge in [-0.2, -0.15) is 5.10 Å². The van der Waals surface area contributed by atoms with Gasteiger partial charge in [0.25, 0.3) is 0 Å². The number of nitrogens with two attached hydrogens (primary N) is 1. The molecule has 1 saturated carbocycles. The van der Waals surface area contributed by atoms with Crippen LogP contribution in [0.5, 0.6) is 0 Å². The Balaban J connectivity index is 2.07. The summed E-state index contributed by atoms with van der Waals surface area (Å²) < 4.78 is 2.01. The Kier molecular flexibility index (Phi) is 2.80. The molecular weight excluding hydrogens is 190 g/mol. The summed E-state index contributed by atoms with van der Waals surface area (Å²) in [4.78, 5) is 4.76. The van der Waals surface area contributed by atoms with E-state index in [0.29, 0.717) is 12.5 Å². The number of hydrogen-bond acceptors (Lipinski definition) is 3. The van der Waals surface area contributed by atoms with Gasteiger partial charge in [0.05, 0.1) is 12.3 Å². The van der Waals surface area contributed by atoms with Crippen LogP contribution in [0.25, 0.3) is 0 Å². The third-order valence-electron chi connectivity index (χ3n) is 2.95. The summed E-state index contributed by atoms with van der Waals surface area (Å²) in [6.45, 7) is 5.94. The van der Waals surface area contributed by atoms with Crippen molar-refractivity contribution in [1.82, 2.24) is 9.78 Å². The first-order chi connectivity index (χ1) is 7.16. The van der Waals surface area contributed by atoms with E-state index in [0.717, 1.165) is 25.1 Å². The molecule has 1 aromatic rings. The van der Waals surface area contributed by atoms with Crippen LogP contribution >= 0.6 is 0 Å². The summed E-state index contributed by atoms with van der Waals surface area (Å²) >= 11 is 0. The molecule has 1 aromatic heterocycles. The maximum Gasteiger partial charge on any atom is 0.0791 e. The second-order valence-corrected chi connectivity index (χ2v) is 4.91. The van der Waals surface area contributed by atoms with E-state index < -0.39 is 0 Å². The van der Waals surface area contributed by atoms with Gasteiger partial charge in [-0.3, -0.25) is 4.68 Å². The number of aromatic nitrogens is 2. The molecule has 15 heavy (non-hydrogen) atoms. The zero-order valence-electron chi connectivity index (χ0n) is 9.44. The second kappa shape index (κ2) is 3.94. The second-order valence-electron chi connectivity index (χ2n) is 4.91. The van der Waals surface area contributed by atoms with Crippen LogP contribution in [0, 0.1) is 5.92 Å². The van der Waals surface area contributed by atoms with Gasteiger partial charge in [0, 0.05) is 18.2 Å². The molecule has 0 aromatic carbocycles.